The predicted molar refractivity (Wildman–Crippen MR) is 51.8 cm³/mol. The van der Waals surface area contributed by atoms with Crippen LogP contribution in [0.4, 0.5) is 4.39 Å². The highest BCUT2D eigenvalue weighted by Crippen LogP contribution is 2.28. The van der Waals surface area contributed by atoms with Crippen LogP contribution in [0.15, 0.2) is 18.2 Å². The molecule has 14 heavy (non-hydrogen) atoms. The van der Waals surface area contributed by atoms with Gasteiger partial charge in [0.15, 0.2) is 0 Å². The molecule has 0 saturated carbocycles. The SMILES string of the molecule is COc1cccc(CF)c1C(O)CN. The number of ether oxygens (including phenoxy) is 1. The quantitative estimate of drug-likeness (QED) is 0.765. The third-order valence-corrected chi connectivity index (χ3v) is 2.08. The Morgan fingerprint density at radius 3 is 2.79 bits per heavy atom. The van der Waals surface area contributed by atoms with Crippen molar-refractivity contribution < 1.29 is 14.2 Å². The lowest BCUT2D eigenvalue weighted by Crippen LogP contribution is -2.14. The molecule has 0 spiro atoms. The lowest BCUT2D eigenvalue weighted by molar-refractivity contribution is 0.180. The second kappa shape index (κ2) is 4.93. The number of rotatable bonds is 4. The summed E-state index contributed by atoms with van der Waals surface area (Å²) in [5.41, 5.74) is 6.19. The third-order valence-electron chi connectivity index (χ3n) is 2.08. The molecule has 0 saturated heterocycles. The van der Waals surface area contributed by atoms with E-state index in [0.717, 1.165) is 0 Å². The van der Waals surface area contributed by atoms with Crippen molar-refractivity contribution in [1.82, 2.24) is 0 Å². The molecule has 1 rings (SSSR count). The van der Waals surface area contributed by atoms with Gasteiger partial charge in [-0.1, -0.05) is 12.1 Å². The van der Waals surface area contributed by atoms with Gasteiger partial charge in [0, 0.05) is 12.1 Å². The van der Waals surface area contributed by atoms with Crippen molar-refractivity contribution in [3.63, 3.8) is 0 Å². The van der Waals surface area contributed by atoms with E-state index in [2.05, 4.69) is 0 Å². The number of nitrogens with two attached hydrogens (primary N) is 1. The minimum atomic E-state index is -0.878. The minimum absolute atomic E-state index is 0.0490. The fourth-order valence-corrected chi connectivity index (χ4v) is 1.38. The van der Waals surface area contributed by atoms with E-state index >= 15 is 0 Å². The average molecular weight is 199 g/mol. The van der Waals surface area contributed by atoms with E-state index in [4.69, 9.17) is 10.5 Å². The molecule has 1 unspecified atom stereocenters. The molecule has 3 nitrogen and oxygen atoms in total. The molecule has 0 amide bonds. The van der Waals surface area contributed by atoms with E-state index in [-0.39, 0.29) is 6.54 Å². The van der Waals surface area contributed by atoms with E-state index in [1.54, 1.807) is 18.2 Å². The van der Waals surface area contributed by atoms with Crippen LogP contribution < -0.4 is 10.5 Å². The lowest BCUT2D eigenvalue weighted by Gasteiger charge is -2.15. The fourth-order valence-electron chi connectivity index (χ4n) is 1.38. The zero-order valence-corrected chi connectivity index (χ0v) is 8.03. The molecule has 78 valence electrons. The summed E-state index contributed by atoms with van der Waals surface area (Å²) in [5.74, 6) is 0.470. The van der Waals surface area contributed by atoms with Crippen LogP contribution in [0.3, 0.4) is 0 Å². The maximum absolute atomic E-state index is 12.6. The van der Waals surface area contributed by atoms with Gasteiger partial charge in [-0.25, -0.2) is 4.39 Å². The number of aliphatic hydroxyl groups is 1. The minimum Gasteiger partial charge on any atom is -0.496 e. The first-order valence-electron chi connectivity index (χ1n) is 4.34. The fraction of sp³-hybridized carbons (Fsp3) is 0.400. The van der Waals surface area contributed by atoms with Crippen molar-refractivity contribution >= 4 is 0 Å². The predicted octanol–water partition coefficient (Wildman–Crippen LogP) is 1.16. The largest absolute Gasteiger partial charge is 0.496 e. The van der Waals surface area contributed by atoms with Gasteiger partial charge in [-0.3, -0.25) is 0 Å². The zero-order valence-electron chi connectivity index (χ0n) is 8.03. The summed E-state index contributed by atoms with van der Waals surface area (Å²) in [6.45, 7) is -0.586. The lowest BCUT2D eigenvalue weighted by atomic mass is 10.0. The molecular formula is C10H14FNO2. The molecule has 0 aliphatic heterocycles. The molecule has 0 aromatic heterocycles. The van der Waals surface area contributed by atoms with Crippen LogP contribution in [-0.2, 0) is 6.67 Å². The maximum atomic E-state index is 12.6. The molecule has 0 aliphatic carbocycles. The summed E-state index contributed by atoms with van der Waals surface area (Å²) in [4.78, 5) is 0. The Hall–Kier alpha value is -1.13. The number of halogens is 1. The smallest absolute Gasteiger partial charge is 0.125 e. The number of aliphatic hydroxyl groups excluding tert-OH is 1. The molecule has 3 N–H and O–H groups in total. The highest BCUT2D eigenvalue weighted by Gasteiger charge is 2.15. The van der Waals surface area contributed by atoms with Gasteiger partial charge in [0.1, 0.15) is 12.4 Å². The first-order chi connectivity index (χ1) is 6.74. The van der Waals surface area contributed by atoms with Crippen molar-refractivity contribution in [2.45, 2.75) is 12.8 Å². The van der Waals surface area contributed by atoms with Gasteiger partial charge in [0.2, 0.25) is 0 Å². The number of methoxy groups -OCH3 is 1. The van der Waals surface area contributed by atoms with Gasteiger partial charge in [-0.15, -0.1) is 0 Å². The Labute approximate surface area is 82.3 Å². The number of benzene rings is 1. The molecule has 4 heteroatoms. The summed E-state index contributed by atoms with van der Waals surface area (Å²) >= 11 is 0. The topological polar surface area (TPSA) is 55.5 Å². The molecule has 0 fully saturated rings. The second-order valence-electron chi connectivity index (χ2n) is 2.92. The molecule has 1 aromatic rings. The normalized spacial score (nSPS) is 12.6. The van der Waals surface area contributed by atoms with Crippen LogP contribution in [0, 0.1) is 0 Å². The van der Waals surface area contributed by atoms with E-state index in [9.17, 15) is 9.50 Å². The number of alkyl halides is 1. The second-order valence-corrected chi connectivity index (χ2v) is 2.92. The molecule has 1 atom stereocenters. The van der Waals surface area contributed by atoms with Gasteiger partial charge in [0.25, 0.3) is 0 Å². The Bertz CT molecular complexity index is 282. The van der Waals surface area contributed by atoms with E-state index in [1.165, 1.54) is 7.11 Å². The molecule has 0 aliphatic rings. The number of hydrogen-bond donors (Lipinski definition) is 2. The summed E-state index contributed by atoms with van der Waals surface area (Å²) < 4.78 is 17.6. The van der Waals surface area contributed by atoms with E-state index in [1.807, 2.05) is 0 Å². The van der Waals surface area contributed by atoms with Gasteiger partial charge in [0.05, 0.1) is 13.2 Å². The Morgan fingerprint density at radius 2 is 2.29 bits per heavy atom. The van der Waals surface area contributed by atoms with Gasteiger partial charge in [-0.05, 0) is 11.6 Å². The third kappa shape index (κ3) is 2.02. The monoisotopic (exact) mass is 199 g/mol. The molecule has 0 bridgehead atoms. The van der Waals surface area contributed by atoms with Crippen molar-refractivity contribution in [1.29, 1.82) is 0 Å². The molecule has 0 heterocycles. The summed E-state index contributed by atoms with van der Waals surface area (Å²) in [6, 6.07) is 4.96. The molecule has 1 aromatic carbocycles. The highest BCUT2D eigenvalue weighted by molar-refractivity contribution is 5.41. The first-order valence-corrected chi connectivity index (χ1v) is 4.34. The number of hydrogen-bond acceptors (Lipinski definition) is 3. The molecule has 0 radical (unpaired) electrons. The maximum Gasteiger partial charge on any atom is 0.125 e. The van der Waals surface area contributed by atoms with Crippen LogP contribution >= 0.6 is 0 Å². The van der Waals surface area contributed by atoms with Crippen LogP contribution in [-0.4, -0.2) is 18.8 Å². The Kier molecular flexibility index (Phi) is 3.85. The first kappa shape index (κ1) is 10.9. The van der Waals surface area contributed by atoms with Gasteiger partial charge >= 0.3 is 0 Å². The zero-order chi connectivity index (χ0) is 10.6. The van der Waals surface area contributed by atoms with Crippen molar-refractivity contribution in [2.75, 3.05) is 13.7 Å². The van der Waals surface area contributed by atoms with Crippen molar-refractivity contribution in [2.24, 2.45) is 5.73 Å². The summed E-state index contributed by atoms with van der Waals surface area (Å²) in [5, 5.41) is 9.58. The average Bonchev–Trinajstić information content (AvgIpc) is 2.26. The Morgan fingerprint density at radius 1 is 1.57 bits per heavy atom. The van der Waals surface area contributed by atoms with E-state index in [0.29, 0.717) is 16.9 Å². The summed E-state index contributed by atoms with van der Waals surface area (Å²) in [7, 11) is 1.48. The van der Waals surface area contributed by atoms with Crippen LogP contribution in [0.25, 0.3) is 0 Å². The van der Waals surface area contributed by atoms with Crippen molar-refractivity contribution in [3.8, 4) is 5.75 Å². The van der Waals surface area contributed by atoms with Crippen LogP contribution in [0.2, 0.25) is 0 Å². The molecular weight excluding hydrogens is 185 g/mol. The summed E-state index contributed by atoms with van der Waals surface area (Å²) in [6.07, 6.45) is -0.878. The van der Waals surface area contributed by atoms with E-state index < -0.39 is 12.8 Å². The Balaban J connectivity index is 3.18. The van der Waals surface area contributed by atoms with Crippen LogP contribution in [0.1, 0.15) is 17.2 Å². The highest BCUT2D eigenvalue weighted by atomic mass is 19.1. The standard InChI is InChI=1S/C10H14FNO2/c1-14-9-4-2-3-7(5-11)10(9)8(13)6-12/h2-4,8,13H,5-6,12H2,1H3. The van der Waals surface area contributed by atoms with Crippen LogP contribution in [0.5, 0.6) is 5.75 Å². The van der Waals surface area contributed by atoms with Gasteiger partial charge in [-0.2, -0.15) is 0 Å². The van der Waals surface area contributed by atoms with Crippen molar-refractivity contribution in [3.05, 3.63) is 29.3 Å². The van der Waals surface area contributed by atoms with Gasteiger partial charge < -0.3 is 15.6 Å².